The van der Waals surface area contributed by atoms with Crippen molar-refractivity contribution in [1.82, 2.24) is 0 Å². The molecular weight excluding hydrogens is 580 g/mol. The van der Waals surface area contributed by atoms with Crippen molar-refractivity contribution in [3.63, 3.8) is 0 Å². The van der Waals surface area contributed by atoms with Gasteiger partial charge in [0.2, 0.25) is 0 Å². The van der Waals surface area contributed by atoms with Crippen molar-refractivity contribution in [3.8, 4) is 0 Å². The first-order valence-electron chi connectivity index (χ1n) is 17.8. The summed E-state index contributed by atoms with van der Waals surface area (Å²) in [7, 11) is 0. The van der Waals surface area contributed by atoms with Crippen LogP contribution in [0.4, 0.5) is 11.4 Å². The quantitative estimate of drug-likeness (QED) is 0.0968. The third-order valence-electron chi connectivity index (χ3n) is 12.2. The summed E-state index contributed by atoms with van der Waals surface area (Å²) in [4.78, 5) is 13.1. The van der Waals surface area contributed by atoms with Gasteiger partial charge < -0.3 is 27.7 Å². The molecule has 1 aromatic carbocycles. The number of nitrogens with two attached hydrogens (primary N) is 4. The number of esters is 1. The molecule has 258 valence electrons. The number of ether oxygens (including phenoxy) is 1. The highest BCUT2D eigenvalue weighted by Gasteiger charge is 2.58. The highest BCUT2D eigenvalue weighted by Crippen LogP contribution is 2.66. The molecule has 8 atom stereocenters. The van der Waals surface area contributed by atoms with Crippen LogP contribution >= 0.6 is 0 Å². The van der Waals surface area contributed by atoms with E-state index in [9.17, 15) is 4.79 Å². The molecule has 0 heterocycles. The van der Waals surface area contributed by atoms with Gasteiger partial charge in [-0.25, -0.2) is 4.79 Å². The van der Waals surface area contributed by atoms with Gasteiger partial charge in [-0.2, -0.15) is 0 Å². The van der Waals surface area contributed by atoms with Gasteiger partial charge in [-0.1, -0.05) is 64.2 Å². The smallest absolute Gasteiger partial charge is 0.338 e. The van der Waals surface area contributed by atoms with Gasteiger partial charge in [0.1, 0.15) is 6.10 Å². The normalized spacial score (nSPS) is 31.4. The van der Waals surface area contributed by atoms with Crippen LogP contribution in [0.25, 0.3) is 0 Å². The van der Waals surface area contributed by atoms with Crippen molar-refractivity contribution in [2.45, 2.75) is 105 Å². The SMILES string of the molecule is C=C/C(N)=C\C(=C)N.CC(C)=CCCC(C)C1CCC2C1CCC1C2CC=C2C(C)(C)C(OC(=O)c3cc(N)cc(N)c3)CCC21C. The average Bonchev–Trinajstić information content (AvgIpc) is 3.43. The molecule has 8 N–H and O–H groups in total. The Bertz CT molecular complexity index is 1400. The maximum Gasteiger partial charge on any atom is 0.338 e. The van der Waals surface area contributed by atoms with E-state index >= 15 is 0 Å². The lowest BCUT2D eigenvalue weighted by molar-refractivity contribution is -0.0632. The standard InChI is InChI=1S/C35H52N2O2.C6H10N2/c1-21(2)8-7-9-22(3)26-10-11-28-27(26)12-14-30-29(28)13-15-31-34(4,5)32(16-17-35(30,31)6)39-33(38)23-18-24(36)20-25(37)19-23;1-3-6(8)4-5(2)7/h8,15,18-20,22,26-30,32H,7,9-14,16-17,36-37H2,1-6H3;3-4H,1-2,7-8H2/b;6-4+. The van der Waals surface area contributed by atoms with Crippen LogP contribution in [0.15, 0.2) is 78.2 Å². The molecule has 6 heteroatoms. The second-order valence-electron chi connectivity index (χ2n) is 16.0. The fraction of sp³-hybridized carbons (Fsp3) is 0.585. The van der Waals surface area contributed by atoms with Gasteiger partial charge in [-0.15, -0.1) is 0 Å². The predicted octanol–water partition coefficient (Wildman–Crippen LogP) is 9.07. The molecule has 47 heavy (non-hydrogen) atoms. The van der Waals surface area contributed by atoms with E-state index < -0.39 is 0 Å². The summed E-state index contributed by atoms with van der Waals surface area (Å²) in [5.41, 5.74) is 27.8. The third kappa shape index (κ3) is 8.01. The van der Waals surface area contributed by atoms with Crippen molar-refractivity contribution in [3.05, 3.63) is 83.8 Å². The van der Waals surface area contributed by atoms with Crippen molar-refractivity contribution >= 4 is 17.3 Å². The van der Waals surface area contributed by atoms with E-state index in [-0.39, 0.29) is 22.9 Å². The van der Waals surface area contributed by atoms with Crippen LogP contribution in [-0.4, -0.2) is 12.1 Å². The molecule has 0 aliphatic heterocycles. The van der Waals surface area contributed by atoms with Crippen LogP contribution in [0.1, 0.15) is 110 Å². The zero-order chi connectivity index (χ0) is 34.7. The minimum absolute atomic E-state index is 0.141. The lowest BCUT2D eigenvalue weighted by atomic mass is 9.46. The summed E-state index contributed by atoms with van der Waals surface area (Å²) < 4.78 is 6.19. The average molecular weight is 643 g/mol. The highest BCUT2D eigenvalue weighted by atomic mass is 16.5. The van der Waals surface area contributed by atoms with Gasteiger partial charge in [-0.3, -0.25) is 0 Å². The van der Waals surface area contributed by atoms with Gasteiger partial charge >= 0.3 is 5.97 Å². The minimum Gasteiger partial charge on any atom is -0.458 e. The van der Waals surface area contributed by atoms with Crippen molar-refractivity contribution < 1.29 is 9.53 Å². The lowest BCUT2D eigenvalue weighted by Crippen LogP contribution is -2.53. The van der Waals surface area contributed by atoms with Gasteiger partial charge in [0, 0.05) is 28.2 Å². The summed E-state index contributed by atoms with van der Waals surface area (Å²) >= 11 is 0. The molecule has 0 amide bonds. The maximum atomic E-state index is 13.1. The number of carbonyl (C=O) groups is 1. The Balaban J connectivity index is 0.000000555. The van der Waals surface area contributed by atoms with E-state index in [0.29, 0.717) is 28.3 Å². The lowest BCUT2D eigenvalue weighted by Gasteiger charge is -2.59. The van der Waals surface area contributed by atoms with Crippen molar-refractivity contribution in [1.29, 1.82) is 0 Å². The van der Waals surface area contributed by atoms with E-state index in [2.05, 4.69) is 66.9 Å². The number of hydrogen-bond donors (Lipinski definition) is 4. The number of benzene rings is 1. The summed E-state index contributed by atoms with van der Waals surface area (Å²) in [6.07, 6.45) is 19.3. The zero-order valence-corrected chi connectivity index (χ0v) is 30.0. The fourth-order valence-corrected chi connectivity index (χ4v) is 10.1. The molecule has 0 spiro atoms. The molecule has 4 aliphatic rings. The van der Waals surface area contributed by atoms with Crippen LogP contribution < -0.4 is 22.9 Å². The van der Waals surface area contributed by atoms with E-state index in [0.717, 1.165) is 48.3 Å². The summed E-state index contributed by atoms with van der Waals surface area (Å²) in [5, 5.41) is 0. The molecule has 3 saturated carbocycles. The molecule has 4 aliphatic carbocycles. The zero-order valence-electron chi connectivity index (χ0n) is 30.0. The van der Waals surface area contributed by atoms with Crippen LogP contribution in [0.2, 0.25) is 0 Å². The second kappa shape index (κ2) is 14.8. The Kier molecular flexibility index (Phi) is 11.5. The first-order chi connectivity index (χ1) is 22.1. The number of allylic oxidation sites excluding steroid dienone is 5. The fourth-order valence-electron chi connectivity index (χ4n) is 10.1. The molecule has 0 saturated heterocycles. The number of hydrogen-bond acceptors (Lipinski definition) is 6. The number of rotatable bonds is 8. The second-order valence-corrected chi connectivity index (χ2v) is 16.0. The number of carbonyl (C=O) groups excluding carboxylic acids is 1. The van der Waals surface area contributed by atoms with Gasteiger partial charge in [0.05, 0.1) is 5.56 Å². The Labute approximate surface area is 284 Å². The molecule has 0 radical (unpaired) electrons. The molecular formula is C41H62N4O2. The Morgan fingerprint density at radius 3 is 2.26 bits per heavy atom. The van der Waals surface area contributed by atoms with E-state index in [1.807, 2.05) is 0 Å². The van der Waals surface area contributed by atoms with Crippen molar-refractivity contribution in [2.24, 2.45) is 57.8 Å². The topological polar surface area (TPSA) is 130 Å². The van der Waals surface area contributed by atoms with Crippen LogP contribution in [0.3, 0.4) is 0 Å². The highest BCUT2D eigenvalue weighted by molar-refractivity contribution is 5.92. The summed E-state index contributed by atoms with van der Waals surface area (Å²) in [5.74, 6) is 4.80. The van der Waals surface area contributed by atoms with Crippen LogP contribution in [0, 0.1) is 46.3 Å². The first kappa shape index (κ1) is 36.4. The molecule has 0 aromatic heterocycles. The maximum absolute atomic E-state index is 13.1. The van der Waals surface area contributed by atoms with Gasteiger partial charge in [0.25, 0.3) is 0 Å². The molecule has 3 fully saturated rings. The Morgan fingerprint density at radius 1 is 1.00 bits per heavy atom. The number of fused-ring (bicyclic) bond motifs is 5. The van der Waals surface area contributed by atoms with Crippen molar-refractivity contribution in [2.75, 3.05) is 11.5 Å². The number of nitrogen functional groups attached to an aromatic ring is 2. The molecule has 6 nitrogen and oxygen atoms in total. The molecule has 5 rings (SSSR count). The van der Waals surface area contributed by atoms with Gasteiger partial charge in [-0.05, 0) is 143 Å². The Hall–Kier alpha value is -3.41. The monoisotopic (exact) mass is 642 g/mol. The number of anilines is 2. The van der Waals surface area contributed by atoms with E-state index in [1.54, 1.807) is 24.3 Å². The predicted molar refractivity (Wildman–Crippen MR) is 198 cm³/mol. The van der Waals surface area contributed by atoms with Crippen LogP contribution in [-0.2, 0) is 4.74 Å². The molecule has 0 bridgehead atoms. The van der Waals surface area contributed by atoms with E-state index in [4.69, 9.17) is 27.7 Å². The Morgan fingerprint density at radius 2 is 1.66 bits per heavy atom. The minimum atomic E-state index is -0.318. The summed E-state index contributed by atoms with van der Waals surface area (Å²) in [6, 6.07) is 5.00. The summed E-state index contributed by atoms with van der Waals surface area (Å²) in [6.45, 7) is 21.0. The molecule has 8 unspecified atom stereocenters. The third-order valence-corrected chi connectivity index (χ3v) is 12.2. The largest absolute Gasteiger partial charge is 0.458 e. The van der Waals surface area contributed by atoms with Gasteiger partial charge in [0.15, 0.2) is 0 Å². The first-order valence-corrected chi connectivity index (χ1v) is 17.8. The van der Waals surface area contributed by atoms with Crippen LogP contribution in [0.5, 0.6) is 0 Å². The van der Waals surface area contributed by atoms with E-state index in [1.165, 1.54) is 62.2 Å². The molecule has 1 aromatic rings.